The zero-order chi connectivity index (χ0) is 19.8. The number of hydrogen-bond acceptors (Lipinski definition) is 5. The van der Waals surface area contributed by atoms with Crippen LogP contribution in [0.4, 0.5) is 4.79 Å². The summed E-state index contributed by atoms with van der Waals surface area (Å²) in [5.41, 5.74) is 0. The van der Waals surface area contributed by atoms with Crippen LogP contribution >= 0.6 is 24.0 Å². The summed E-state index contributed by atoms with van der Waals surface area (Å²) in [6, 6.07) is 0.307. The number of carbonyl (C=O) groups is 1. The first kappa shape index (κ1) is 23.7. The number of rotatable bonds is 5. The van der Waals surface area contributed by atoms with Gasteiger partial charge >= 0.3 is 6.09 Å². The van der Waals surface area contributed by atoms with Crippen LogP contribution in [-0.4, -0.2) is 71.0 Å². The number of ether oxygens (including phenoxy) is 1. The van der Waals surface area contributed by atoms with E-state index in [9.17, 15) is 4.79 Å². The van der Waals surface area contributed by atoms with Gasteiger partial charge in [0.1, 0.15) is 11.6 Å². The van der Waals surface area contributed by atoms with Gasteiger partial charge in [-0.05, 0) is 32.6 Å². The molecule has 9 nitrogen and oxygen atoms in total. The summed E-state index contributed by atoms with van der Waals surface area (Å²) >= 11 is 0. The second-order valence-electron chi connectivity index (χ2n) is 7.35. The van der Waals surface area contributed by atoms with Crippen LogP contribution in [0.5, 0.6) is 0 Å². The molecule has 1 fully saturated rings. The summed E-state index contributed by atoms with van der Waals surface area (Å²) in [6.07, 6.45) is 7.11. The van der Waals surface area contributed by atoms with Crippen LogP contribution in [0, 0.1) is 0 Å². The van der Waals surface area contributed by atoms with E-state index in [1.165, 1.54) is 19.3 Å². The van der Waals surface area contributed by atoms with Crippen molar-refractivity contribution in [1.82, 2.24) is 30.3 Å². The normalized spacial score (nSPS) is 17.7. The number of nitrogens with zero attached hydrogens (tertiary/aromatic N) is 5. The first-order chi connectivity index (χ1) is 13.7. The number of aliphatic imine (C=N–C) groups is 1. The van der Waals surface area contributed by atoms with Crippen molar-refractivity contribution in [3.8, 4) is 0 Å². The molecule has 2 aliphatic heterocycles. The fraction of sp³-hybridized carbons (Fsp3) is 0.789. The van der Waals surface area contributed by atoms with E-state index in [0.717, 1.165) is 56.4 Å². The third kappa shape index (κ3) is 6.71. The molecule has 0 aliphatic carbocycles. The van der Waals surface area contributed by atoms with Gasteiger partial charge in [0.2, 0.25) is 0 Å². The smallest absolute Gasteiger partial charge is 0.409 e. The monoisotopic (exact) mass is 519 g/mol. The summed E-state index contributed by atoms with van der Waals surface area (Å²) in [6.45, 7) is 5.46. The van der Waals surface area contributed by atoms with Crippen LogP contribution in [0.25, 0.3) is 0 Å². The molecule has 0 spiro atoms. The lowest BCUT2D eigenvalue weighted by Gasteiger charge is -2.32. The first-order valence-corrected chi connectivity index (χ1v) is 10.5. The van der Waals surface area contributed by atoms with Crippen molar-refractivity contribution < 1.29 is 9.53 Å². The quantitative estimate of drug-likeness (QED) is 0.351. The van der Waals surface area contributed by atoms with Crippen LogP contribution in [0.2, 0.25) is 0 Å². The maximum atomic E-state index is 11.8. The Hall–Kier alpha value is -1.59. The van der Waals surface area contributed by atoms with Crippen molar-refractivity contribution in [2.45, 2.75) is 64.5 Å². The Labute approximate surface area is 190 Å². The van der Waals surface area contributed by atoms with E-state index in [-0.39, 0.29) is 30.1 Å². The van der Waals surface area contributed by atoms with Crippen molar-refractivity contribution in [2.24, 2.45) is 4.99 Å². The van der Waals surface area contributed by atoms with Crippen LogP contribution in [-0.2, 0) is 24.1 Å². The van der Waals surface area contributed by atoms with Crippen molar-refractivity contribution in [3.63, 3.8) is 0 Å². The van der Waals surface area contributed by atoms with Gasteiger partial charge in [0.25, 0.3) is 0 Å². The Balaban J connectivity index is 0.00000300. The zero-order valence-corrected chi connectivity index (χ0v) is 19.9. The number of aryl methyl sites for hydroxylation is 1. The van der Waals surface area contributed by atoms with Crippen molar-refractivity contribution in [3.05, 3.63) is 11.6 Å². The fourth-order valence-electron chi connectivity index (χ4n) is 3.83. The average Bonchev–Trinajstić information content (AvgIpc) is 2.94. The van der Waals surface area contributed by atoms with Gasteiger partial charge in [0, 0.05) is 52.1 Å². The molecule has 10 heteroatoms. The highest BCUT2D eigenvalue weighted by molar-refractivity contribution is 14.0. The highest BCUT2D eigenvalue weighted by Gasteiger charge is 2.24. The molecule has 3 rings (SSSR count). The Kier molecular flexibility index (Phi) is 9.95. The maximum Gasteiger partial charge on any atom is 0.409 e. The van der Waals surface area contributed by atoms with E-state index in [0.29, 0.717) is 25.7 Å². The molecule has 29 heavy (non-hydrogen) atoms. The minimum Gasteiger partial charge on any atom is -0.450 e. The molecule has 1 amide bonds. The van der Waals surface area contributed by atoms with Gasteiger partial charge in [-0.1, -0.05) is 6.42 Å². The molecule has 164 valence electrons. The van der Waals surface area contributed by atoms with E-state index in [1.807, 2.05) is 6.92 Å². The molecular weight excluding hydrogens is 485 g/mol. The topological polar surface area (TPSA) is 96.7 Å². The molecule has 2 aliphatic rings. The Morgan fingerprint density at radius 3 is 2.72 bits per heavy atom. The lowest BCUT2D eigenvalue weighted by atomic mass is 10.1. The standard InChI is InChI=1S/C19H33N7O2.HI/c1-3-28-19(27)25-13-9-15(10-14-25)22-18(20-2)21-11-8-17-24-23-16-7-5-4-6-12-26(16)17;/h15H,3-14H2,1-2H3,(H2,20,21,22);1H. The second kappa shape index (κ2) is 12.2. The SMILES string of the molecule is CCOC(=O)N1CCC(NC(=NC)NCCc2nnc3n2CCCCC3)CC1.I. The number of piperidine rings is 1. The molecule has 1 aromatic rings. The van der Waals surface area contributed by atoms with Crippen molar-refractivity contribution >= 4 is 36.0 Å². The third-order valence-corrected chi connectivity index (χ3v) is 5.41. The minimum atomic E-state index is -0.212. The summed E-state index contributed by atoms with van der Waals surface area (Å²) in [5.74, 6) is 2.98. The highest BCUT2D eigenvalue weighted by atomic mass is 127. The van der Waals surface area contributed by atoms with Crippen LogP contribution in [0.15, 0.2) is 4.99 Å². The lowest BCUT2D eigenvalue weighted by molar-refractivity contribution is 0.0963. The molecule has 0 aromatic carbocycles. The number of amides is 1. The Morgan fingerprint density at radius 1 is 1.21 bits per heavy atom. The molecule has 2 N–H and O–H groups in total. The molecule has 0 saturated carbocycles. The number of nitrogens with one attached hydrogen (secondary N) is 2. The number of likely N-dealkylation sites (tertiary alicyclic amines) is 1. The van der Waals surface area contributed by atoms with E-state index >= 15 is 0 Å². The van der Waals surface area contributed by atoms with Crippen molar-refractivity contribution in [2.75, 3.05) is 33.3 Å². The predicted octanol–water partition coefficient (Wildman–Crippen LogP) is 1.95. The number of guanidine groups is 1. The summed E-state index contributed by atoms with van der Waals surface area (Å²) < 4.78 is 7.36. The molecule has 1 aromatic heterocycles. The van der Waals surface area contributed by atoms with E-state index in [4.69, 9.17) is 4.74 Å². The van der Waals surface area contributed by atoms with Crippen molar-refractivity contribution in [1.29, 1.82) is 0 Å². The second-order valence-corrected chi connectivity index (χ2v) is 7.35. The highest BCUT2D eigenvalue weighted by Crippen LogP contribution is 2.14. The summed E-state index contributed by atoms with van der Waals surface area (Å²) in [5, 5.41) is 15.6. The largest absolute Gasteiger partial charge is 0.450 e. The van der Waals surface area contributed by atoms with Gasteiger partial charge in [0.15, 0.2) is 5.96 Å². The van der Waals surface area contributed by atoms with E-state index in [2.05, 4.69) is 30.4 Å². The summed E-state index contributed by atoms with van der Waals surface area (Å²) in [4.78, 5) is 17.9. The molecule has 1 saturated heterocycles. The van der Waals surface area contributed by atoms with E-state index < -0.39 is 0 Å². The van der Waals surface area contributed by atoms with Gasteiger partial charge in [-0.15, -0.1) is 34.2 Å². The van der Waals surface area contributed by atoms with Crippen LogP contribution in [0.3, 0.4) is 0 Å². The van der Waals surface area contributed by atoms with Gasteiger partial charge in [-0.25, -0.2) is 4.79 Å². The molecule has 3 heterocycles. The number of halogens is 1. The van der Waals surface area contributed by atoms with Gasteiger partial charge in [-0.3, -0.25) is 4.99 Å². The van der Waals surface area contributed by atoms with Gasteiger partial charge in [0.05, 0.1) is 6.61 Å². The number of fused-ring (bicyclic) bond motifs is 1. The van der Waals surface area contributed by atoms with E-state index in [1.54, 1.807) is 11.9 Å². The number of hydrogen-bond donors (Lipinski definition) is 2. The maximum absolute atomic E-state index is 11.8. The molecule has 0 unspecified atom stereocenters. The molecular formula is C19H34IN7O2. The Bertz CT molecular complexity index is 672. The predicted molar refractivity (Wildman–Crippen MR) is 123 cm³/mol. The molecule has 0 radical (unpaired) electrons. The fourth-order valence-corrected chi connectivity index (χ4v) is 3.83. The third-order valence-electron chi connectivity index (χ3n) is 5.41. The lowest BCUT2D eigenvalue weighted by Crippen LogP contribution is -2.50. The van der Waals surface area contributed by atoms with Gasteiger partial charge < -0.3 is 24.8 Å². The average molecular weight is 519 g/mol. The molecule has 0 atom stereocenters. The van der Waals surface area contributed by atoms with Crippen LogP contribution < -0.4 is 10.6 Å². The summed E-state index contributed by atoms with van der Waals surface area (Å²) in [7, 11) is 1.78. The van der Waals surface area contributed by atoms with Gasteiger partial charge in [-0.2, -0.15) is 0 Å². The first-order valence-electron chi connectivity index (χ1n) is 10.5. The zero-order valence-electron chi connectivity index (χ0n) is 17.5. The number of aromatic nitrogens is 3. The number of carbonyl (C=O) groups excluding carboxylic acids is 1. The molecule has 0 bridgehead atoms. The van der Waals surface area contributed by atoms with Crippen LogP contribution in [0.1, 0.15) is 50.7 Å². The minimum absolute atomic E-state index is 0. The Morgan fingerprint density at radius 2 is 2.00 bits per heavy atom.